The van der Waals surface area contributed by atoms with Crippen molar-refractivity contribution in [3.63, 3.8) is 0 Å². The Morgan fingerprint density at radius 2 is 1.90 bits per heavy atom. The topological polar surface area (TPSA) is 66.4 Å². The van der Waals surface area contributed by atoms with Crippen LogP contribution in [0.25, 0.3) is 0 Å². The molecule has 0 saturated carbocycles. The summed E-state index contributed by atoms with van der Waals surface area (Å²) in [4.78, 5) is 22.8. The van der Waals surface area contributed by atoms with Crippen LogP contribution < -0.4 is 5.32 Å². The summed E-state index contributed by atoms with van der Waals surface area (Å²) in [5, 5.41) is 11.8. The monoisotopic (exact) mass is 291 g/mol. The van der Waals surface area contributed by atoms with E-state index >= 15 is 0 Å². The normalized spacial score (nSPS) is 13.4. The lowest BCUT2D eigenvalue weighted by atomic mass is 10.00. The molecule has 1 aromatic rings. The van der Waals surface area contributed by atoms with E-state index in [0.717, 1.165) is 12.0 Å². The number of benzene rings is 1. The summed E-state index contributed by atoms with van der Waals surface area (Å²) in [6, 6.07) is 9.70. The van der Waals surface area contributed by atoms with Gasteiger partial charge in [0.25, 0.3) is 0 Å². The fraction of sp³-hybridized carbons (Fsp3) is 0.529. The fourth-order valence-electron chi connectivity index (χ4n) is 2.17. The first-order valence-corrected chi connectivity index (χ1v) is 7.56. The molecule has 2 atom stereocenters. The molecule has 0 aliphatic heterocycles. The summed E-state index contributed by atoms with van der Waals surface area (Å²) in [5.41, 5.74) is 1.11. The molecule has 1 aromatic carbocycles. The summed E-state index contributed by atoms with van der Waals surface area (Å²) < 4.78 is 0. The lowest BCUT2D eigenvalue weighted by Crippen LogP contribution is -2.37. The van der Waals surface area contributed by atoms with E-state index < -0.39 is 5.97 Å². The van der Waals surface area contributed by atoms with Crippen LogP contribution in [-0.4, -0.2) is 23.0 Å². The van der Waals surface area contributed by atoms with Crippen molar-refractivity contribution < 1.29 is 14.7 Å². The summed E-state index contributed by atoms with van der Waals surface area (Å²) >= 11 is 0. The highest BCUT2D eigenvalue weighted by Gasteiger charge is 2.16. The van der Waals surface area contributed by atoms with Crippen LogP contribution in [0.3, 0.4) is 0 Å². The van der Waals surface area contributed by atoms with Gasteiger partial charge in [-0.05, 0) is 24.3 Å². The molecular formula is C17H25NO3. The number of carboxylic acids is 1. The molecule has 0 bridgehead atoms. The van der Waals surface area contributed by atoms with Gasteiger partial charge in [0.1, 0.15) is 0 Å². The molecule has 0 fully saturated rings. The molecule has 0 aromatic heterocycles. The van der Waals surface area contributed by atoms with Crippen molar-refractivity contribution in [1.82, 2.24) is 5.32 Å². The Hall–Kier alpha value is -1.84. The first kappa shape index (κ1) is 17.2. The summed E-state index contributed by atoms with van der Waals surface area (Å²) in [7, 11) is 0. The van der Waals surface area contributed by atoms with Crippen LogP contribution in [0, 0.1) is 5.92 Å². The molecule has 2 N–H and O–H groups in total. The Morgan fingerprint density at radius 1 is 1.24 bits per heavy atom. The van der Waals surface area contributed by atoms with E-state index in [0.29, 0.717) is 25.2 Å². The maximum absolute atomic E-state index is 12.0. The van der Waals surface area contributed by atoms with E-state index in [1.165, 1.54) is 0 Å². The standard InChI is InChI=1S/C17H25NO3/c1-3-13(2)11-16(19)18-15(9-10-17(20)21)12-14-7-5-4-6-8-14/h4-8,13,15H,3,9-12H2,1-2H3,(H,18,19)(H,20,21). The Labute approximate surface area is 126 Å². The second-order valence-corrected chi connectivity index (χ2v) is 5.60. The molecular weight excluding hydrogens is 266 g/mol. The predicted octanol–water partition coefficient (Wildman–Crippen LogP) is 3.01. The van der Waals surface area contributed by atoms with Crippen LogP contribution in [0.5, 0.6) is 0 Å². The highest BCUT2D eigenvalue weighted by Crippen LogP contribution is 2.10. The molecule has 4 nitrogen and oxygen atoms in total. The Morgan fingerprint density at radius 3 is 2.48 bits per heavy atom. The molecule has 0 spiro atoms. The van der Waals surface area contributed by atoms with Gasteiger partial charge < -0.3 is 10.4 Å². The quantitative estimate of drug-likeness (QED) is 0.735. The number of amides is 1. The van der Waals surface area contributed by atoms with Crippen molar-refractivity contribution in [2.75, 3.05) is 0 Å². The lowest BCUT2D eigenvalue weighted by molar-refractivity contribution is -0.137. The Kier molecular flexibility index (Phi) is 7.51. The molecule has 0 radical (unpaired) electrons. The zero-order valence-corrected chi connectivity index (χ0v) is 12.8. The van der Waals surface area contributed by atoms with E-state index in [1.54, 1.807) is 0 Å². The molecule has 4 heteroatoms. The summed E-state index contributed by atoms with van der Waals surface area (Å²) in [5.74, 6) is -0.471. The smallest absolute Gasteiger partial charge is 0.303 e. The number of rotatable bonds is 9. The van der Waals surface area contributed by atoms with Crippen LogP contribution in [0.2, 0.25) is 0 Å². The van der Waals surface area contributed by atoms with Gasteiger partial charge >= 0.3 is 5.97 Å². The molecule has 2 unspecified atom stereocenters. The maximum atomic E-state index is 12.0. The first-order valence-electron chi connectivity index (χ1n) is 7.56. The van der Waals surface area contributed by atoms with Gasteiger partial charge in [-0.2, -0.15) is 0 Å². The first-order chi connectivity index (χ1) is 10.0. The van der Waals surface area contributed by atoms with Crippen LogP contribution in [0.1, 0.15) is 45.1 Å². The molecule has 0 heterocycles. The van der Waals surface area contributed by atoms with Gasteiger partial charge in [-0.1, -0.05) is 50.6 Å². The van der Waals surface area contributed by atoms with Gasteiger partial charge in [0.2, 0.25) is 5.91 Å². The Balaban J connectivity index is 2.59. The van der Waals surface area contributed by atoms with Crippen LogP contribution in [0.15, 0.2) is 30.3 Å². The third kappa shape index (κ3) is 7.49. The van der Waals surface area contributed by atoms with Gasteiger partial charge in [-0.3, -0.25) is 9.59 Å². The Bertz CT molecular complexity index is 445. The minimum Gasteiger partial charge on any atom is -0.481 e. The molecule has 0 aliphatic rings. The number of carbonyl (C=O) groups is 2. The average molecular weight is 291 g/mol. The highest BCUT2D eigenvalue weighted by molar-refractivity contribution is 5.76. The fourth-order valence-corrected chi connectivity index (χ4v) is 2.17. The molecule has 1 rings (SSSR count). The third-order valence-corrected chi connectivity index (χ3v) is 3.63. The third-order valence-electron chi connectivity index (χ3n) is 3.63. The van der Waals surface area contributed by atoms with Crippen molar-refractivity contribution in [1.29, 1.82) is 0 Å². The SMILES string of the molecule is CCC(C)CC(=O)NC(CCC(=O)O)Cc1ccccc1. The van der Waals surface area contributed by atoms with E-state index in [2.05, 4.69) is 12.2 Å². The van der Waals surface area contributed by atoms with E-state index in [9.17, 15) is 9.59 Å². The molecule has 0 aliphatic carbocycles. The minimum atomic E-state index is -0.829. The molecule has 1 amide bonds. The maximum Gasteiger partial charge on any atom is 0.303 e. The van der Waals surface area contributed by atoms with E-state index in [4.69, 9.17) is 5.11 Å². The van der Waals surface area contributed by atoms with Gasteiger partial charge in [-0.25, -0.2) is 0 Å². The van der Waals surface area contributed by atoms with Crippen molar-refractivity contribution in [2.45, 2.75) is 52.0 Å². The van der Waals surface area contributed by atoms with Crippen molar-refractivity contribution in [3.8, 4) is 0 Å². The van der Waals surface area contributed by atoms with Gasteiger partial charge in [0.05, 0.1) is 0 Å². The zero-order chi connectivity index (χ0) is 15.7. The lowest BCUT2D eigenvalue weighted by Gasteiger charge is -2.19. The molecule has 116 valence electrons. The number of hydrogen-bond acceptors (Lipinski definition) is 2. The summed E-state index contributed by atoms with van der Waals surface area (Å²) in [6.07, 6.45) is 2.65. The highest BCUT2D eigenvalue weighted by atomic mass is 16.4. The second-order valence-electron chi connectivity index (χ2n) is 5.60. The second kappa shape index (κ2) is 9.16. The van der Waals surface area contributed by atoms with Gasteiger partial charge in [0.15, 0.2) is 0 Å². The number of hydrogen-bond donors (Lipinski definition) is 2. The number of aliphatic carboxylic acids is 1. The zero-order valence-electron chi connectivity index (χ0n) is 12.8. The van der Waals surface area contributed by atoms with Crippen LogP contribution >= 0.6 is 0 Å². The van der Waals surface area contributed by atoms with Gasteiger partial charge in [-0.15, -0.1) is 0 Å². The van der Waals surface area contributed by atoms with Crippen molar-refractivity contribution in [3.05, 3.63) is 35.9 Å². The molecule has 21 heavy (non-hydrogen) atoms. The summed E-state index contributed by atoms with van der Waals surface area (Å²) in [6.45, 7) is 4.10. The van der Waals surface area contributed by atoms with Crippen molar-refractivity contribution in [2.24, 2.45) is 5.92 Å². The largest absolute Gasteiger partial charge is 0.481 e. The van der Waals surface area contributed by atoms with E-state index in [1.807, 2.05) is 37.3 Å². The van der Waals surface area contributed by atoms with Crippen molar-refractivity contribution >= 4 is 11.9 Å². The number of carboxylic acid groups (broad SMARTS) is 1. The predicted molar refractivity (Wildman–Crippen MR) is 83.0 cm³/mol. The van der Waals surface area contributed by atoms with Crippen LogP contribution in [0.4, 0.5) is 0 Å². The number of nitrogens with one attached hydrogen (secondary N) is 1. The van der Waals surface area contributed by atoms with Gasteiger partial charge in [0, 0.05) is 18.9 Å². The molecule has 0 saturated heterocycles. The minimum absolute atomic E-state index is 0.00988. The van der Waals surface area contributed by atoms with E-state index in [-0.39, 0.29) is 18.4 Å². The van der Waals surface area contributed by atoms with Crippen LogP contribution in [-0.2, 0) is 16.0 Å². The number of carbonyl (C=O) groups excluding carboxylic acids is 1. The average Bonchev–Trinajstić information content (AvgIpc) is 2.45.